The summed E-state index contributed by atoms with van der Waals surface area (Å²) in [5.41, 5.74) is 0.830. The van der Waals surface area contributed by atoms with E-state index in [0.29, 0.717) is 18.1 Å². The van der Waals surface area contributed by atoms with Crippen LogP contribution in [0.5, 0.6) is 0 Å². The van der Waals surface area contributed by atoms with Gasteiger partial charge in [0.2, 0.25) is 0 Å². The molecule has 6 nitrogen and oxygen atoms in total. The first kappa shape index (κ1) is 10.4. The van der Waals surface area contributed by atoms with Crippen molar-refractivity contribution in [3.8, 4) is 11.3 Å². The molecule has 0 fully saturated rings. The molecule has 0 bridgehead atoms. The second-order valence-electron chi connectivity index (χ2n) is 3.41. The first-order valence-corrected chi connectivity index (χ1v) is 4.80. The Balaban J connectivity index is 2.10. The Kier molecular flexibility index (Phi) is 2.72. The van der Waals surface area contributed by atoms with Crippen LogP contribution in [0, 0.1) is 0 Å². The Labute approximate surface area is 91.5 Å². The number of aromatic nitrogens is 3. The number of hydrogen-bond donors (Lipinski definition) is 1. The van der Waals surface area contributed by atoms with Crippen LogP contribution in [-0.2, 0) is 18.3 Å². The highest BCUT2D eigenvalue weighted by molar-refractivity contribution is 5.66. The summed E-state index contributed by atoms with van der Waals surface area (Å²) >= 11 is 0. The van der Waals surface area contributed by atoms with Gasteiger partial charge in [0.1, 0.15) is 0 Å². The lowest BCUT2D eigenvalue weighted by Gasteiger charge is -1.91. The molecule has 2 aromatic heterocycles. The van der Waals surface area contributed by atoms with Crippen LogP contribution < -0.4 is 0 Å². The quantitative estimate of drug-likeness (QED) is 0.835. The van der Waals surface area contributed by atoms with Gasteiger partial charge in [-0.25, -0.2) is 4.98 Å². The van der Waals surface area contributed by atoms with Crippen LogP contribution in [-0.4, -0.2) is 25.8 Å². The van der Waals surface area contributed by atoms with Crippen molar-refractivity contribution in [2.45, 2.75) is 12.8 Å². The van der Waals surface area contributed by atoms with E-state index >= 15 is 0 Å². The number of hydrogen-bond acceptors (Lipinski definition) is 4. The van der Waals surface area contributed by atoms with Gasteiger partial charge in [0.15, 0.2) is 11.7 Å². The largest absolute Gasteiger partial charge is 0.481 e. The molecule has 16 heavy (non-hydrogen) atoms. The summed E-state index contributed by atoms with van der Waals surface area (Å²) in [6, 6.07) is 0. The van der Waals surface area contributed by atoms with Gasteiger partial charge in [-0.3, -0.25) is 9.48 Å². The van der Waals surface area contributed by atoms with Crippen molar-refractivity contribution in [2.75, 3.05) is 0 Å². The minimum absolute atomic E-state index is 0.0208. The molecule has 0 amide bonds. The van der Waals surface area contributed by atoms with Crippen molar-refractivity contribution in [2.24, 2.45) is 7.05 Å². The van der Waals surface area contributed by atoms with Gasteiger partial charge < -0.3 is 9.52 Å². The second kappa shape index (κ2) is 4.18. The predicted molar refractivity (Wildman–Crippen MR) is 54.7 cm³/mol. The molecule has 84 valence electrons. The summed E-state index contributed by atoms with van der Waals surface area (Å²) in [6.45, 7) is 0. The van der Waals surface area contributed by atoms with Gasteiger partial charge in [0.05, 0.1) is 24.4 Å². The lowest BCUT2D eigenvalue weighted by Crippen LogP contribution is -1.97. The van der Waals surface area contributed by atoms with E-state index in [4.69, 9.17) is 9.52 Å². The summed E-state index contributed by atoms with van der Waals surface area (Å²) in [4.78, 5) is 14.4. The molecular weight excluding hydrogens is 210 g/mol. The number of oxazole rings is 1. The number of carboxylic acids is 1. The molecule has 0 aliphatic rings. The minimum Gasteiger partial charge on any atom is -0.481 e. The highest BCUT2D eigenvalue weighted by Gasteiger charge is 2.09. The van der Waals surface area contributed by atoms with E-state index in [1.807, 2.05) is 13.2 Å². The molecule has 0 saturated carbocycles. The van der Waals surface area contributed by atoms with Crippen LogP contribution in [0.4, 0.5) is 0 Å². The molecule has 0 unspecified atom stereocenters. The smallest absolute Gasteiger partial charge is 0.303 e. The van der Waals surface area contributed by atoms with E-state index in [0.717, 1.165) is 5.56 Å². The molecule has 2 aromatic rings. The van der Waals surface area contributed by atoms with Gasteiger partial charge in [-0.2, -0.15) is 5.10 Å². The number of aliphatic carboxylic acids is 1. The van der Waals surface area contributed by atoms with Crippen molar-refractivity contribution in [1.82, 2.24) is 14.8 Å². The fourth-order valence-corrected chi connectivity index (χ4v) is 1.32. The molecule has 1 N–H and O–H groups in total. The molecule has 0 aromatic carbocycles. The first-order valence-electron chi connectivity index (χ1n) is 4.80. The second-order valence-corrected chi connectivity index (χ2v) is 3.41. The Bertz CT molecular complexity index is 501. The van der Waals surface area contributed by atoms with Crippen LogP contribution in [0.25, 0.3) is 11.3 Å². The third-order valence-corrected chi connectivity index (χ3v) is 2.10. The minimum atomic E-state index is -0.860. The summed E-state index contributed by atoms with van der Waals surface area (Å²) < 4.78 is 7.07. The Morgan fingerprint density at radius 1 is 1.56 bits per heavy atom. The predicted octanol–water partition coefficient (Wildman–Crippen LogP) is 1.09. The third-order valence-electron chi connectivity index (χ3n) is 2.10. The van der Waals surface area contributed by atoms with E-state index in [-0.39, 0.29) is 6.42 Å². The standard InChI is InChI=1S/C10H11N3O3/c1-13-6-7(4-12-13)8-5-11-9(16-8)2-3-10(14)15/h4-6H,2-3H2,1H3,(H,14,15). The number of carboxylic acid groups (broad SMARTS) is 1. The Morgan fingerprint density at radius 3 is 3.00 bits per heavy atom. The van der Waals surface area contributed by atoms with E-state index < -0.39 is 5.97 Å². The average Bonchev–Trinajstić information content (AvgIpc) is 2.83. The van der Waals surface area contributed by atoms with E-state index in [9.17, 15) is 4.79 Å². The lowest BCUT2D eigenvalue weighted by molar-refractivity contribution is -0.137. The van der Waals surface area contributed by atoms with Crippen LogP contribution in [0.2, 0.25) is 0 Å². The lowest BCUT2D eigenvalue weighted by atomic mass is 10.3. The molecule has 0 aliphatic carbocycles. The maximum absolute atomic E-state index is 10.4. The van der Waals surface area contributed by atoms with Crippen LogP contribution in [0.15, 0.2) is 23.0 Å². The number of carbonyl (C=O) groups is 1. The highest BCUT2D eigenvalue weighted by atomic mass is 16.4. The van der Waals surface area contributed by atoms with E-state index in [1.165, 1.54) is 0 Å². The first-order chi connectivity index (χ1) is 7.65. The maximum atomic E-state index is 10.4. The van der Waals surface area contributed by atoms with Gasteiger partial charge in [0, 0.05) is 19.7 Å². The Morgan fingerprint density at radius 2 is 2.38 bits per heavy atom. The summed E-state index contributed by atoms with van der Waals surface area (Å²) in [5.74, 6) is 0.177. The van der Waals surface area contributed by atoms with Gasteiger partial charge in [-0.1, -0.05) is 0 Å². The van der Waals surface area contributed by atoms with Crippen molar-refractivity contribution >= 4 is 5.97 Å². The van der Waals surface area contributed by atoms with Crippen molar-refractivity contribution in [3.05, 3.63) is 24.5 Å². The molecule has 0 atom stereocenters. The monoisotopic (exact) mass is 221 g/mol. The normalized spacial score (nSPS) is 10.6. The van der Waals surface area contributed by atoms with Gasteiger partial charge in [0.25, 0.3) is 0 Å². The number of rotatable bonds is 4. The topological polar surface area (TPSA) is 81.2 Å². The Hall–Kier alpha value is -2.11. The molecule has 2 heterocycles. The fourth-order valence-electron chi connectivity index (χ4n) is 1.32. The third kappa shape index (κ3) is 2.28. The SMILES string of the molecule is Cn1cc(-c2cnc(CCC(=O)O)o2)cn1. The van der Waals surface area contributed by atoms with Crippen LogP contribution in [0.1, 0.15) is 12.3 Å². The molecule has 0 aliphatic heterocycles. The zero-order valence-corrected chi connectivity index (χ0v) is 8.75. The van der Waals surface area contributed by atoms with Crippen molar-refractivity contribution < 1.29 is 14.3 Å². The molecular formula is C10H11N3O3. The number of aryl methyl sites for hydroxylation is 2. The zero-order valence-electron chi connectivity index (χ0n) is 8.75. The van der Waals surface area contributed by atoms with Crippen molar-refractivity contribution in [3.63, 3.8) is 0 Å². The molecule has 0 radical (unpaired) electrons. The van der Waals surface area contributed by atoms with Gasteiger partial charge in [-0.05, 0) is 0 Å². The molecule has 0 spiro atoms. The van der Waals surface area contributed by atoms with Crippen LogP contribution >= 0.6 is 0 Å². The van der Waals surface area contributed by atoms with Gasteiger partial charge >= 0.3 is 5.97 Å². The molecule has 6 heteroatoms. The summed E-state index contributed by atoms with van der Waals surface area (Å²) in [7, 11) is 1.81. The zero-order chi connectivity index (χ0) is 11.5. The van der Waals surface area contributed by atoms with E-state index in [1.54, 1.807) is 17.1 Å². The summed E-state index contributed by atoms with van der Waals surface area (Å²) in [5, 5.41) is 12.5. The maximum Gasteiger partial charge on any atom is 0.303 e. The highest BCUT2D eigenvalue weighted by Crippen LogP contribution is 2.19. The van der Waals surface area contributed by atoms with Gasteiger partial charge in [-0.15, -0.1) is 0 Å². The van der Waals surface area contributed by atoms with E-state index in [2.05, 4.69) is 10.1 Å². The molecule has 0 saturated heterocycles. The van der Waals surface area contributed by atoms with Crippen LogP contribution in [0.3, 0.4) is 0 Å². The fraction of sp³-hybridized carbons (Fsp3) is 0.300. The summed E-state index contributed by atoms with van der Waals surface area (Å²) in [6.07, 6.45) is 5.37. The number of nitrogens with zero attached hydrogens (tertiary/aromatic N) is 3. The average molecular weight is 221 g/mol. The molecule has 2 rings (SSSR count). The van der Waals surface area contributed by atoms with Crippen molar-refractivity contribution in [1.29, 1.82) is 0 Å².